The molecule has 232 valence electrons. The maximum atomic E-state index is 14.0. The van der Waals surface area contributed by atoms with Crippen molar-refractivity contribution in [3.63, 3.8) is 0 Å². The summed E-state index contributed by atoms with van der Waals surface area (Å²) in [6.07, 6.45) is 2.11. The first-order chi connectivity index (χ1) is 20.3. The zero-order valence-corrected chi connectivity index (χ0v) is 28.0. The number of halogens is 4. The Morgan fingerprint density at radius 3 is 2.16 bits per heavy atom. The van der Waals surface area contributed by atoms with Gasteiger partial charge in [0.2, 0.25) is 21.8 Å². The van der Waals surface area contributed by atoms with Crippen molar-refractivity contribution in [2.24, 2.45) is 0 Å². The zero-order chi connectivity index (χ0) is 31.7. The van der Waals surface area contributed by atoms with E-state index in [0.29, 0.717) is 27.1 Å². The minimum atomic E-state index is -3.76. The first-order valence-electron chi connectivity index (χ1n) is 13.8. The fourth-order valence-electron chi connectivity index (χ4n) is 4.51. The highest BCUT2D eigenvalue weighted by molar-refractivity contribution is 7.92. The molecule has 0 bridgehead atoms. The van der Waals surface area contributed by atoms with Gasteiger partial charge in [0.25, 0.3) is 0 Å². The van der Waals surface area contributed by atoms with Crippen LogP contribution in [0.1, 0.15) is 44.2 Å². The van der Waals surface area contributed by atoms with Crippen LogP contribution in [-0.2, 0) is 32.6 Å². The zero-order valence-electron chi connectivity index (χ0n) is 24.2. The molecule has 0 saturated carbocycles. The Morgan fingerprint density at radius 1 is 0.907 bits per heavy atom. The molecule has 0 aromatic heterocycles. The van der Waals surface area contributed by atoms with E-state index in [9.17, 15) is 18.0 Å². The second-order valence-corrected chi connectivity index (χ2v) is 13.8. The number of amides is 2. The average molecular weight is 688 g/mol. The van der Waals surface area contributed by atoms with E-state index in [-0.39, 0.29) is 60.9 Å². The Hall–Kier alpha value is -2.49. The molecule has 0 aliphatic heterocycles. The molecular formula is C31H35Cl4N3O4S. The molecule has 3 rings (SSSR count). The summed E-state index contributed by atoms with van der Waals surface area (Å²) >= 11 is 25.4. The maximum absolute atomic E-state index is 14.0. The third kappa shape index (κ3) is 10.0. The lowest BCUT2D eigenvalue weighted by molar-refractivity contribution is -0.141. The molecule has 2 amide bonds. The summed E-state index contributed by atoms with van der Waals surface area (Å²) in [5.41, 5.74) is 1.60. The van der Waals surface area contributed by atoms with Crippen molar-refractivity contribution in [3.05, 3.63) is 97.9 Å². The van der Waals surface area contributed by atoms with Gasteiger partial charge in [-0.25, -0.2) is 8.42 Å². The number of carbonyl (C=O) groups is 2. The van der Waals surface area contributed by atoms with Crippen LogP contribution in [0.15, 0.2) is 66.7 Å². The average Bonchev–Trinajstić information content (AvgIpc) is 2.95. The van der Waals surface area contributed by atoms with E-state index < -0.39 is 16.1 Å². The molecule has 1 N–H and O–H groups in total. The Labute approximate surface area is 274 Å². The summed E-state index contributed by atoms with van der Waals surface area (Å²) < 4.78 is 26.5. The molecule has 0 aliphatic rings. The lowest BCUT2D eigenvalue weighted by Gasteiger charge is -2.33. The molecule has 0 heterocycles. The van der Waals surface area contributed by atoms with Crippen molar-refractivity contribution in [2.75, 3.05) is 17.1 Å². The van der Waals surface area contributed by atoms with Gasteiger partial charge < -0.3 is 10.2 Å². The molecule has 0 unspecified atom stereocenters. The normalized spacial score (nSPS) is 12.8. The number of nitrogens with zero attached hydrogens (tertiary/aromatic N) is 2. The largest absolute Gasteiger partial charge is 0.352 e. The van der Waals surface area contributed by atoms with Crippen LogP contribution < -0.4 is 9.62 Å². The van der Waals surface area contributed by atoms with E-state index >= 15 is 0 Å². The van der Waals surface area contributed by atoms with E-state index in [1.807, 2.05) is 44.2 Å². The second-order valence-electron chi connectivity index (χ2n) is 10.3. The number of hydrogen-bond donors (Lipinski definition) is 1. The molecule has 0 radical (unpaired) electrons. The molecule has 43 heavy (non-hydrogen) atoms. The lowest BCUT2D eigenvalue weighted by atomic mass is 10.0. The molecule has 0 aliphatic carbocycles. The van der Waals surface area contributed by atoms with Gasteiger partial charge in [-0.15, -0.1) is 0 Å². The first-order valence-corrected chi connectivity index (χ1v) is 17.2. The number of nitrogens with one attached hydrogen (secondary N) is 1. The van der Waals surface area contributed by atoms with Crippen molar-refractivity contribution < 1.29 is 18.0 Å². The summed E-state index contributed by atoms with van der Waals surface area (Å²) in [6, 6.07) is 18.0. The van der Waals surface area contributed by atoms with Crippen LogP contribution in [0.2, 0.25) is 20.1 Å². The highest BCUT2D eigenvalue weighted by Crippen LogP contribution is 2.31. The molecule has 2 atom stereocenters. The first kappa shape index (κ1) is 35.0. The molecule has 3 aromatic rings. The van der Waals surface area contributed by atoms with Gasteiger partial charge in [0, 0.05) is 52.6 Å². The van der Waals surface area contributed by atoms with Gasteiger partial charge in [-0.1, -0.05) is 89.7 Å². The molecule has 0 saturated heterocycles. The fourth-order valence-corrected chi connectivity index (χ4v) is 6.43. The van der Waals surface area contributed by atoms with Crippen LogP contribution in [0.5, 0.6) is 0 Å². The lowest BCUT2D eigenvalue weighted by Crippen LogP contribution is -2.52. The SMILES string of the molecule is CC[C@H](C)NC(=O)[C@H](Cc1ccccc1)N(Cc1c(Cl)cccc1Cl)C(=O)CCCN(c1cc(Cl)ccc1Cl)S(C)(=O)=O. The van der Waals surface area contributed by atoms with Crippen LogP contribution in [0.3, 0.4) is 0 Å². The Morgan fingerprint density at radius 2 is 1.56 bits per heavy atom. The summed E-state index contributed by atoms with van der Waals surface area (Å²) in [7, 11) is -3.76. The highest BCUT2D eigenvalue weighted by atomic mass is 35.5. The number of carbonyl (C=O) groups excluding carboxylic acids is 2. The number of rotatable bonds is 14. The summed E-state index contributed by atoms with van der Waals surface area (Å²) in [5, 5.41) is 4.28. The molecule has 3 aromatic carbocycles. The van der Waals surface area contributed by atoms with Crippen LogP contribution in [0.25, 0.3) is 0 Å². The van der Waals surface area contributed by atoms with Crippen molar-refractivity contribution in [2.45, 2.75) is 58.2 Å². The minimum Gasteiger partial charge on any atom is -0.352 e. The quantitative estimate of drug-likeness (QED) is 0.192. The van der Waals surface area contributed by atoms with Crippen LogP contribution in [0, 0.1) is 0 Å². The smallest absolute Gasteiger partial charge is 0.243 e. The number of anilines is 1. The number of benzene rings is 3. The van der Waals surface area contributed by atoms with Crippen LogP contribution in [0.4, 0.5) is 5.69 Å². The topological polar surface area (TPSA) is 86.8 Å². The van der Waals surface area contributed by atoms with Crippen molar-refractivity contribution >= 4 is 73.9 Å². The van der Waals surface area contributed by atoms with E-state index in [1.165, 1.54) is 17.0 Å². The van der Waals surface area contributed by atoms with Gasteiger partial charge in [0.1, 0.15) is 6.04 Å². The van der Waals surface area contributed by atoms with E-state index in [0.717, 1.165) is 16.1 Å². The van der Waals surface area contributed by atoms with Gasteiger partial charge in [0.05, 0.1) is 17.0 Å². The van der Waals surface area contributed by atoms with Gasteiger partial charge in [-0.2, -0.15) is 0 Å². The van der Waals surface area contributed by atoms with Gasteiger partial charge in [0.15, 0.2) is 0 Å². The van der Waals surface area contributed by atoms with E-state index in [1.54, 1.807) is 24.3 Å². The Balaban J connectivity index is 1.95. The second kappa shape index (κ2) is 16.0. The maximum Gasteiger partial charge on any atom is 0.243 e. The minimum absolute atomic E-state index is 0.0152. The standard InChI is InChI=1S/C31H35Cl4N3O4S/c1-4-21(2)36-31(40)29(18-22-10-6-5-7-11-22)37(20-24-25(33)12-8-13-26(24)34)30(39)14-9-17-38(43(3,41)42)28-19-23(32)15-16-27(28)35/h5-8,10-13,15-16,19,21,29H,4,9,14,17-18,20H2,1-3H3,(H,36,40)/t21-,29-/m0/s1. The molecule has 0 spiro atoms. The van der Waals surface area contributed by atoms with Crippen LogP contribution >= 0.6 is 46.4 Å². The van der Waals surface area contributed by atoms with Crippen LogP contribution in [-0.4, -0.2) is 50.0 Å². The summed E-state index contributed by atoms with van der Waals surface area (Å²) in [6.45, 7) is 3.81. The van der Waals surface area contributed by atoms with Crippen molar-refractivity contribution in [1.29, 1.82) is 0 Å². The predicted octanol–water partition coefficient (Wildman–Crippen LogP) is 7.40. The number of sulfonamides is 1. The Kier molecular flexibility index (Phi) is 13.0. The third-order valence-corrected chi connectivity index (χ3v) is 9.43. The van der Waals surface area contributed by atoms with Crippen molar-refractivity contribution in [3.8, 4) is 0 Å². The molecule has 7 nitrogen and oxygen atoms in total. The predicted molar refractivity (Wildman–Crippen MR) is 177 cm³/mol. The van der Waals surface area contributed by atoms with Crippen molar-refractivity contribution in [1.82, 2.24) is 10.2 Å². The summed E-state index contributed by atoms with van der Waals surface area (Å²) in [4.78, 5) is 29.2. The third-order valence-electron chi connectivity index (χ3n) is 6.99. The molecule has 0 fully saturated rings. The van der Waals surface area contributed by atoms with E-state index in [2.05, 4.69) is 5.32 Å². The number of hydrogen-bond acceptors (Lipinski definition) is 4. The van der Waals surface area contributed by atoms with Gasteiger partial charge in [-0.3, -0.25) is 13.9 Å². The van der Waals surface area contributed by atoms with Gasteiger partial charge in [-0.05, 0) is 55.7 Å². The fraction of sp³-hybridized carbons (Fsp3) is 0.355. The Bertz CT molecular complexity index is 1500. The molecule has 12 heteroatoms. The highest BCUT2D eigenvalue weighted by Gasteiger charge is 2.32. The monoisotopic (exact) mass is 685 g/mol. The molecular weight excluding hydrogens is 652 g/mol. The van der Waals surface area contributed by atoms with E-state index in [4.69, 9.17) is 46.4 Å². The van der Waals surface area contributed by atoms with Gasteiger partial charge >= 0.3 is 0 Å². The summed E-state index contributed by atoms with van der Waals surface area (Å²) in [5.74, 6) is -0.667.